The van der Waals surface area contributed by atoms with Crippen LogP contribution in [0, 0.1) is 11.8 Å². The molecule has 0 saturated heterocycles. The number of sulfonamides is 1. The Bertz CT molecular complexity index is 1730. The van der Waals surface area contributed by atoms with Crippen LogP contribution in [0.25, 0.3) is 11.1 Å². The number of oxime groups is 1. The van der Waals surface area contributed by atoms with Gasteiger partial charge in [-0.3, -0.25) is 19.1 Å². The zero-order chi connectivity index (χ0) is 31.3. The molecule has 2 aromatic carbocycles. The molecule has 0 radical (unpaired) electrons. The van der Waals surface area contributed by atoms with Crippen molar-refractivity contribution >= 4 is 33.5 Å². The molecule has 2 N–H and O–H groups in total. The van der Waals surface area contributed by atoms with E-state index in [1.54, 1.807) is 6.08 Å². The zero-order valence-corrected chi connectivity index (χ0v) is 25.9. The van der Waals surface area contributed by atoms with E-state index in [1.807, 2.05) is 65.6 Å². The Balaban J connectivity index is 1.20. The standard InChI is InChI=1S/C34H36N4O6S/c1-45(42,43)37-33(41)34-20-21(34)10-4-2-3-9-17-38(22-15-16-22)32(40)29-19-23(18-28(29)31(39)35-34)44-36-30-26-13-7-5-11-24(26)25-12-6-8-14-27(25)30/h4-8,10-14,19,21-23,28H,2-3,9,15-18,20H2,1H3,(H,35,39)(H,37,41)/b10-4-/t21-,23+,28+,34+/m0/s1. The van der Waals surface area contributed by atoms with Crippen LogP contribution < -0.4 is 10.0 Å². The fraction of sp³-hybridized carbons (Fsp3) is 0.412. The second-order valence-electron chi connectivity index (χ2n) is 12.7. The molecule has 0 aromatic heterocycles. The predicted molar refractivity (Wildman–Crippen MR) is 168 cm³/mol. The van der Waals surface area contributed by atoms with E-state index in [9.17, 15) is 22.8 Å². The van der Waals surface area contributed by atoms with Crippen LogP contribution in [0.5, 0.6) is 0 Å². The first-order valence-corrected chi connectivity index (χ1v) is 17.5. The molecule has 4 atom stereocenters. The summed E-state index contributed by atoms with van der Waals surface area (Å²) in [7, 11) is -3.85. The lowest BCUT2D eigenvalue weighted by molar-refractivity contribution is -0.133. The minimum absolute atomic E-state index is 0.150. The average Bonchev–Trinajstić information content (AvgIpc) is 3.90. The van der Waals surface area contributed by atoms with Crippen molar-refractivity contribution in [2.75, 3.05) is 12.8 Å². The van der Waals surface area contributed by atoms with Crippen molar-refractivity contribution in [3.05, 3.63) is 83.5 Å². The smallest absolute Gasteiger partial charge is 0.259 e. The summed E-state index contributed by atoms with van der Waals surface area (Å²) in [6.07, 6.45) is 10.6. The summed E-state index contributed by atoms with van der Waals surface area (Å²) in [6.45, 7) is 0.606. The van der Waals surface area contributed by atoms with E-state index in [2.05, 4.69) is 15.2 Å². The third kappa shape index (κ3) is 5.69. The molecule has 234 valence electrons. The van der Waals surface area contributed by atoms with Gasteiger partial charge in [0, 0.05) is 41.6 Å². The highest BCUT2D eigenvalue weighted by Crippen LogP contribution is 2.46. The van der Waals surface area contributed by atoms with Gasteiger partial charge in [0.05, 0.1) is 12.2 Å². The van der Waals surface area contributed by atoms with E-state index in [1.165, 1.54) is 0 Å². The van der Waals surface area contributed by atoms with Crippen LogP contribution in [0.3, 0.4) is 0 Å². The minimum atomic E-state index is -3.85. The Morgan fingerprint density at radius 3 is 2.33 bits per heavy atom. The predicted octanol–water partition coefficient (Wildman–Crippen LogP) is 3.43. The molecular formula is C34H36N4O6S. The van der Waals surface area contributed by atoms with Gasteiger partial charge in [0.2, 0.25) is 15.9 Å². The van der Waals surface area contributed by atoms with Crippen molar-refractivity contribution in [3.8, 4) is 11.1 Å². The number of hydrogen-bond donors (Lipinski definition) is 2. The second kappa shape index (κ2) is 11.3. The topological polar surface area (TPSA) is 134 Å². The molecule has 7 rings (SSSR count). The highest BCUT2D eigenvalue weighted by atomic mass is 32.2. The maximum Gasteiger partial charge on any atom is 0.259 e. The van der Waals surface area contributed by atoms with Gasteiger partial charge in [-0.25, -0.2) is 8.42 Å². The van der Waals surface area contributed by atoms with Gasteiger partial charge in [0.25, 0.3) is 11.8 Å². The summed E-state index contributed by atoms with van der Waals surface area (Å²) in [5, 5.41) is 7.45. The Hall–Kier alpha value is -4.25. The van der Waals surface area contributed by atoms with Gasteiger partial charge in [0.15, 0.2) is 0 Å². The number of benzene rings is 2. The monoisotopic (exact) mass is 628 g/mol. The Morgan fingerprint density at radius 2 is 1.69 bits per heavy atom. The van der Waals surface area contributed by atoms with Crippen LogP contribution in [-0.4, -0.2) is 67.2 Å². The Kier molecular flexibility index (Phi) is 7.38. The Labute approximate surface area is 262 Å². The van der Waals surface area contributed by atoms with Gasteiger partial charge in [-0.1, -0.05) is 65.8 Å². The summed E-state index contributed by atoms with van der Waals surface area (Å²) in [5.74, 6) is -2.70. The molecule has 11 heteroatoms. The quantitative estimate of drug-likeness (QED) is 0.329. The molecule has 5 aliphatic rings. The van der Waals surface area contributed by atoms with Gasteiger partial charge < -0.3 is 15.1 Å². The largest absolute Gasteiger partial charge is 0.388 e. The number of rotatable bonds is 5. The molecule has 0 bridgehead atoms. The summed E-state index contributed by atoms with van der Waals surface area (Å²) in [6, 6.07) is 16.1. The summed E-state index contributed by atoms with van der Waals surface area (Å²) >= 11 is 0. The molecular weight excluding hydrogens is 592 g/mol. The number of amides is 3. The van der Waals surface area contributed by atoms with Gasteiger partial charge in [0.1, 0.15) is 17.4 Å². The molecule has 1 aliphatic heterocycles. The number of carbonyl (C=O) groups is 3. The van der Waals surface area contributed by atoms with E-state index in [0.717, 1.165) is 60.6 Å². The maximum atomic E-state index is 14.1. The van der Waals surface area contributed by atoms with Crippen LogP contribution >= 0.6 is 0 Å². The molecule has 2 fully saturated rings. The SMILES string of the molecule is CS(=O)(=O)NC(=O)[C@@]12C[C@@H]1/C=C\CCCCN(C1CC1)C(=O)C1=C[C@H](ON=C3c4ccccc4-c4ccccc43)C[C@H]1C(=O)N2. The molecule has 4 aliphatic carbocycles. The number of hydrogen-bond acceptors (Lipinski definition) is 7. The third-order valence-corrected chi connectivity index (χ3v) is 9.94. The minimum Gasteiger partial charge on any atom is -0.388 e. The zero-order valence-electron chi connectivity index (χ0n) is 25.1. The van der Waals surface area contributed by atoms with Crippen LogP contribution in [-0.2, 0) is 29.2 Å². The van der Waals surface area contributed by atoms with Crippen molar-refractivity contribution in [1.82, 2.24) is 14.9 Å². The first-order chi connectivity index (χ1) is 21.6. The molecule has 3 amide bonds. The maximum absolute atomic E-state index is 14.1. The summed E-state index contributed by atoms with van der Waals surface area (Å²) in [4.78, 5) is 49.2. The summed E-state index contributed by atoms with van der Waals surface area (Å²) < 4.78 is 25.9. The van der Waals surface area contributed by atoms with E-state index in [0.29, 0.717) is 17.8 Å². The van der Waals surface area contributed by atoms with E-state index in [-0.39, 0.29) is 30.7 Å². The fourth-order valence-corrected chi connectivity index (χ4v) is 7.37. The average molecular weight is 629 g/mol. The molecule has 45 heavy (non-hydrogen) atoms. The van der Waals surface area contributed by atoms with Crippen molar-refractivity contribution in [1.29, 1.82) is 0 Å². The van der Waals surface area contributed by atoms with Crippen molar-refractivity contribution < 1.29 is 27.6 Å². The van der Waals surface area contributed by atoms with Crippen LogP contribution in [0.2, 0.25) is 0 Å². The van der Waals surface area contributed by atoms with E-state index >= 15 is 0 Å². The van der Waals surface area contributed by atoms with E-state index in [4.69, 9.17) is 4.84 Å². The first-order valence-electron chi connectivity index (χ1n) is 15.6. The van der Waals surface area contributed by atoms with Crippen LogP contribution in [0.15, 0.2) is 77.5 Å². The van der Waals surface area contributed by atoms with Crippen molar-refractivity contribution in [2.24, 2.45) is 17.0 Å². The molecule has 0 unspecified atom stereocenters. The summed E-state index contributed by atoms with van der Waals surface area (Å²) in [5.41, 5.74) is 3.65. The van der Waals surface area contributed by atoms with Crippen molar-refractivity contribution in [2.45, 2.75) is 62.6 Å². The van der Waals surface area contributed by atoms with Gasteiger partial charge >= 0.3 is 0 Å². The highest BCUT2D eigenvalue weighted by molar-refractivity contribution is 7.89. The lowest BCUT2D eigenvalue weighted by atomic mass is 9.97. The van der Waals surface area contributed by atoms with E-state index < -0.39 is 39.4 Å². The molecule has 0 spiro atoms. The first kappa shape index (κ1) is 29.5. The number of nitrogens with one attached hydrogen (secondary N) is 2. The van der Waals surface area contributed by atoms with Gasteiger partial charge in [-0.05, 0) is 55.7 Å². The lowest BCUT2D eigenvalue weighted by Crippen LogP contribution is -2.53. The molecule has 1 heterocycles. The lowest BCUT2D eigenvalue weighted by Gasteiger charge is -2.26. The third-order valence-electron chi connectivity index (χ3n) is 9.39. The Morgan fingerprint density at radius 1 is 1.02 bits per heavy atom. The molecule has 10 nitrogen and oxygen atoms in total. The normalized spacial score (nSPS) is 28.4. The molecule has 2 saturated carbocycles. The molecule has 2 aromatic rings. The van der Waals surface area contributed by atoms with Gasteiger partial charge in [-0.15, -0.1) is 0 Å². The highest BCUT2D eigenvalue weighted by Gasteiger charge is 2.61. The second-order valence-corrected chi connectivity index (χ2v) is 14.5. The number of nitrogens with zero attached hydrogens (tertiary/aromatic N) is 2. The van der Waals surface area contributed by atoms with Gasteiger partial charge in [-0.2, -0.15) is 0 Å². The van der Waals surface area contributed by atoms with Crippen LogP contribution in [0.1, 0.15) is 56.1 Å². The number of allylic oxidation sites excluding steroid dienone is 1. The number of fused-ring (bicyclic) bond motifs is 5. The fourth-order valence-electron chi connectivity index (χ4n) is 6.85. The van der Waals surface area contributed by atoms with Crippen LogP contribution in [0.4, 0.5) is 0 Å². The number of carbonyl (C=O) groups excluding carboxylic acids is 3. The van der Waals surface area contributed by atoms with Crippen molar-refractivity contribution in [3.63, 3.8) is 0 Å².